The monoisotopic (exact) mass is 361 g/mol. The Morgan fingerprint density at radius 1 is 1.44 bits per heavy atom. The molecule has 1 unspecified atom stereocenters. The molecule has 1 fully saturated rings. The van der Waals surface area contributed by atoms with Crippen molar-refractivity contribution < 1.29 is 14.3 Å². The van der Waals surface area contributed by atoms with Crippen molar-refractivity contribution >= 4 is 38.5 Å². The molecular formula is C18H23N3O3S. The van der Waals surface area contributed by atoms with Crippen molar-refractivity contribution in [3.63, 3.8) is 0 Å². The second-order valence-electron chi connectivity index (χ2n) is 7.15. The van der Waals surface area contributed by atoms with Gasteiger partial charge in [-0.25, -0.2) is 4.98 Å². The van der Waals surface area contributed by atoms with E-state index in [0.717, 1.165) is 16.0 Å². The average Bonchev–Trinajstić information content (AvgIpc) is 3.09. The summed E-state index contributed by atoms with van der Waals surface area (Å²) in [5.74, 6) is 0.332. The Labute approximate surface area is 151 Å². The lowest BCUT2D eigenvalue weighted by Gasteiger charge is -2.31. The van der Waals surface area contributed by atoms with Gasteiger partial charge >= 0.3 is 0 Å². The second kappa shape index (κ2) is 6.63. The van der Waals surface area contributed by atoms with Crippen molar-refractivity contribution in [2.24, 2.45) is 5.92 Å². The lowest BCUT2D eigenvalue weighted by atomic mass is 10.1. The van der Waals surface area contributed by atoms with Gasteiger partial charge in [-0.3, -0.25) is 9.59 Å². The maximum Gasteiger partial charge on any atom is 0.231 e. The van der Waals surface area contributed by atoms with Crippen LogP contribution >= 0.6 is 11.3 Å². The van der Waals surface area contributed by atoms with Gasteiger partial charge in [0.1, 0.15) is 5.75 Å². The number of nitrogens with one attached hydrogen (secondary N) is 1. The third-order valence-electron chi connectivity index (χ3n) is 4.21. The number of nitrogens with zero attached hydrogens (tertiary/aromatic N) is 2. The van der Waals surface area contributed by atoms with Crippen molar-refractivity contribution in [3.8, 4) is 5.75 Å². The van der Waals surface area contributed by atoms with Gasteiger partial charge in [-0.1, -0.05) is 11.3 Å². The molecule has 3 rings (SSSR count). The van der Waals surface area contributed by atoms with Gasteiger partial charge in [0.05, 0.1) is 22.7 Å². The highest BCUT2D eigenvalue weighted by Gasteiger charge is 2.39. The number of carbonyl (C=O) groups excluding carboxylic acids is 2. The van der Waals surface area contributed by atoms with E-state index in [1.54, 1.807) is 4.90 Å². The number of carbonyl (C=O) groups is 2. The minimum Gasteiger partial charge on any atom is -0.494 e. The molecule has 25 heavy (non-hydrogen) atoms. The Balaban J connectivity index is 1.71. The highest BCUT2D eigenvalue weighted by Crippen LogP contribution is 2.31. The Morgan fingerprint density at radius 3 is 2.84 bits per heavy atom. The molecule has 0 bridgehead atoms. The van der Waals surface area contributed by atoms with Crippen LogP contribution in [0.2, 0.25) is 0 Å². The first-order chi connectivity index (χ1) is 11.8. The lowest BCUT2D eigenvalue weighted by molar-refractivity contribution is -0.131. The molecule has 1 aromatic carbocycles. The smallest absolute Gasteiger partial charge is 0.231 e. The third-order valence-corrected chi connectivity index (χ3v) is 5.14. The number of hydrogen-bond acceptors (Lipinski definition) is 5. The van der Waals surface area contributed by atoms with Crippen LogP contribution < -0.4 is 10.1 Å². The largest absolute Gasteiger partial charge is 0.494 e. The summed E-state index contributed by atoms with van der Waals surface area (Å²) in [7, 11) is 0. The first-order valence-electron chi connectivity index (χ1n) is 8.42. The van der Waals surface area contributed by atoms with Crippen molar-refractivity contribution in [3.05, 3.63) is 18.2 Å². The number of ether oxygens (including phenoxy) is 1. The maximum atomic E-state index is 12.5. The fraction of sp³-hybridized carbons (Fsp3) is 0.500. The van der Waals surface area contributed by atoms with E-state index in [9.17, 15) is 9.59 Å². The van der Waals surface area contributed by atoms with E-state index in [1.807, 2.05) is 45.9 Å². The van der Waals surface area contributed by atoms with Gasteiger partial charge in [-0.15, -0.1) is 0 Å². The van der Waals surface area contributed by atoms with Crippen LogP contribution in [0, 0.1) is 5.92 Å². The van der Waals surface area contributed by atoms with Gasteiger partial charge in [0, 0.05) is 18.5 Å². The molecule has 2 amide bonds. The molecule has 1 aliphatic heterocycles. The van der Waals surface area contributed by atoms with Crippen LogP contribution in [-0.4, -0.2) is 40.4 Å². The molecule has 2 aromatic rings. The van der Waals surface area contributed by atoms with Crippen LogP contribution in [0.1, 0.15) is 34.1 Å². The number of rotatable bonds is 4. The van der Waals surface area contributed by atoms with E-state index < -0.39 is 0 Å². The first-order valence-corrected chi connectivity index (χ1v) is 9.24. The van der Waals surface area contributed by atoms with Crippen LogP contribution in [0.15, 0.2) is 18.2 Å². The first kappa shape index (κ1) is 17.7. The minimum absolute atomic E-state index is 0.0262. The summed E-state index contributed by atoms with van der Waals surface area (Å²) in [6.45, 7) is 8.94. The summed E-state index contributed by atoms with van der Waals surface area (Å²) < 4.78 is 6.45. The van der Waals surface area contributed by atoms with Gasteiger partial charge in [0.15, 0.2) is 5.13 Å². The number of thiazole rings is 1. The minimum atomic E-state index is -0.335. The van der Waals surface area contributed by atoms with E-state index >= 15 is 0 Å². The number of aromatic nitrogens is 1. The summed E-state index contributed by atoms with van der Waals surface area (Å²) in [5.41, 5.74) is 0.556. The predicted octanol–water partition coefficient (Wildman–Crippen LogP) is 3.28. The SMILES string of the molecule is CCOc1ccc2nc(NC(=O)C3CC(=O)N(C(C)(C)C)C3)sc2c1. The Kier molecular flexibility index (Phi) is 4.69. The molecule has 1 aliphatic rings. The molecule has 134 valence electrons. The van der Waals surface area contributed by atoms with Gasteiger partial charge in [-0.05, 0) is 45.9 Å². The van der Waals surface area contributed by atoms with Gasteiger partial charge in [0.2, 0.25) is 11.8 Å². The maximum absolute atomic E-state index is 12.5. The predicted molar refractivity (Wildman–Crippen MR) is 99.0 cm³/mol. The number of benzene rings is 1. The summed E-state index contributed by atoms with van der Waals surface area (Å²) in [6, 6.07) is 5.67. The lowest BCUT2D eigenvalue weighted by Crippen LogP contribution is -2.42. The topological polar surface area (TPSA) is 71.5 Å². The number of fused-ring (bicyclic) bond motifs is 1. The molecule has 0 radical (unpaired) electrons. The van der Waals surface area contributed by atoms with E-state index in [0.29, 0.717) is 18.3 Å². The van der Waals surface area contributed by atoms with Crippen LogP contribution in [0.3, 0.4) is 0 Å². The quantitative estimate of drug-likeness (QED) is 0.907. The summed E-state index contributed by atoms with van der Waals surface area (Å²) in [4.78, 5) is 30.9. The van der Waals surface area contributed by atoms with Crippen LogP contribution in [0.4, 0.5) is 5.13 Å². The Morgan fingerprint density at radius 2 is 2.20 bits per heavy atom. The molecule has 7 heteroatoms. The molecule has 1 atom stereocenters. The van der Waals surface area contributed by atoms with Crippen molar-refractivity contribution in [2.75, 3.05) is 18.5 Å². The van der Waals surface area contributed by atoms with Crippen LogP contribution in [-0.2, 0) is 9.59 Å². The normalized spacial score (nSPS) is 18.0. The molecule has 6 nitrogen and oxygen atoms in total. The average molecular weight is 361 g/mol. The molecule has 0 aliphatic carbocycles. The van der Waals surface area contributed by atoms with Crippen LogP contribution in [0.5, 0.6) is 5.75 Å². The van der Waals surface area contributed by atoms with Crippen molar-refractivity contribution in [1.82, 2.24) is 9.88 Å². The number of anilines is 1. The van der Waals surface area contributed by atoms with Crippen molar-refractivity contribution in [1.29, 1.82) is 0 Å². The Hall–Kier alpha value is -2.15. The zero-order valence-corrected chi connectivity index (χ0v) is 15.8. The highest BCUT2D eigenvalue weighted by atomic mass is 32.1. The molecular weight excluding hydrogens is 338 g/mol. The summed E-state index contributed by atoms with van der Waals surface area (Å²) >= 11 is 1.41. The van der Waals surface area contributed by atoms with E-state index in [1.165, 1.54) is 11.3 Å². The molecule has 2 heterocycles. The Bertz CT molecular complexity index is 809. The molecule has 1 saturated heterocycles. The van der Waals surface area contributed by atoms with E-state index in [4.69, 9.17) is 4.74 Å². The molecule has 1 aromatic heterocycles. The molecule has 1 N–H and O–H groups in total. The summed E-state index contributed by atoms with van der Waals surface area (Å²) in [5, 5.41) is 3.42. The number of amides is 2. The standard InChI is InChI=1S/C18H23N3O3S/c1-5-24-12-6-7-13-14(9-12)25-17(19-13)20-16(23)11-8-15(22)21(10-11)18(2,3)4/h6-7,9,11H,5,8,10H2,1-4H3,(H,19,20,23). The van der Waals surface area contributed by atoms with Gasteiger partial charge in [0.25, 0.3) is 0 Å². The summed E-state index contributed by atoms with van der Waals surface area (Å²) in [6.07, 6.45) is 0.252. The van der Waals surface area contributed by atoms with Crippen LogP contribution in [0.25, 0.3) is 10.2 Å². The van der Waals surface area contributed by atoms with E-state index in [-0.39, 0.29) is 29.7 Å². The molecule has 0 spiro atoms. The zero-order chi connectivity index (χ0) is 18.2. The fourth-order valence-corrected chi connectivity index (χ4v) is 3.85. The van der Waals surface area contributed by atoms with Crippen molar-refractivity contribution in [2.45, 2.75) is 39.7 Å². The highest BCUT2D eigenvalue weighted by molar-refractivity contribution is 7.22. The number of hydrogen-bond donors (Lipinski definition) is 1. The zero-order valence-electron chi connectivity index (χ0n) is 15.0. The van der Waals surface area contributed by atoms with Gasteiger partial charge < -0.3 is 15.0 Å². The van der Waals surface area contributed by atoms with E-state index in [2.05, 4.69) is 10.3 Å². The number of likely N-dealkylation sites (tertiary alicyclic amines) is 1. The van der Waals surface area contributed by atoms with Gasteiger partial charge in [-0.2, -0.15) is 0 Å². The third kappa shape index (κ3) is 3.76. The second-order valence-corrected chi connectivity index (χ2v) is 8.18. The molecule has 0 saturated carbocycles. The fourth-order valence-electron chi connectivity index (χ4n) is 2.95.